The highest BCUT2D eigenvalue weighted by Gasteiger charge is 2.50. The van der Waals surface area contributed by atoms with Crippen LogP contribution < -0.4 is 10.1 Å². The molecule has 0 radical (unpaired) electrons. The Labute approximate surface area is 178 Å². The summed E-state index contributed by atoms with van der Waals surface area (Å²) in [6.07, 6.45) is 3.08. The number of nitrogens with zero attached hydrogens (tertiary/aromatic N) is 1. The molecule has 7 nitrogen and oxygen atoms in total. The number of nitrogens with one attached hydrogen (secondary N) is 1. The minimum atomic E-state index is -0.628. The minimum Gasteiger partial charge on any atom is -0.494 e. The first kappa shape index (κ1) is 22.1. The number of likely N-dealkylation sites (tertiary alicyclic amines) is 1. The van der Waals surface area contributed by atoms with E-state index in [0.717, 1.165) is 19.3 Å². The normalized spacial score (nSPS) is 24.3. The van der Waals surface area contributed by atoms with Gasteiger partial charge >= 0.3 is 5.97 Å². The average molecular weight is 417 g/mol. The minimum absolute atomic E-state index is 0.137. The molecule has 1 aliphatic carbocycles. The summed E-state index contributed by atoms with van der Waals surface area (Å²) < 4.78 is 10.5. The topological polar surface area (TPSA) is 84.9 Å². The number of esters is 1. The van der Waals surface area contributed by atoms with Gasteiger partial charge in [0, 0.05) is 18.2 Å². The Hall–Kier alpha value is -2.57. The molecule has 2 atom stereocenters. The van der Waals surface area contributed by atoms with Crippen LogP contribution in [0.4, 0.5) is 0 Å². The van der Waals surface area contributed by atoms with Crippen LogP contribution in [0.5, 0.6) is 5.75 Å². The molecule has 30 heavy (non-hydrogen) atoms. The standard InChI is InChI=1S/C23H32N2O5/c1-5-29-18-8-6-16(7-9-18)21(28)24-12-20(27)30-13-19(26)25-15-23(4)11-17(25)10-22(2,3)14-23/h6-9,17H,5,10-15H2,1-4H3,(H,24,28)/t17-,23-/m1/s1. The van der Waals surface area contributed by atoms with Crippen molar-refractivity contribution in [1.29, 1.82) is 0 Å². The highest BCUT2D eigenvalue weighted by atomic mass is 16.5. The third kappa shape index (κ3) is 5.32. The number of ether oxygens (including phenoxy) is 2. The van der Waals surface area contributed by atoms with Gasteiger partial charge in [-0.25, -0.2) is 0 Å². The van der Waals surface area contributed by atoms with Gasteiger partial charge in [-0.3, -0.25) is 14.4 Å². The van der Waals surface area contributed by atoms with Crippen molar-refractivity contribution < 1.29 is 23.9 Å². The van der Waals surface area contributed by atoms with Crippen molar-refractivity contribution in [3.8, 4) is 5.75 Å². The van der Waals surface area contributed by atoms with Gasteiger partial charge in [0.1, 0.15) is 12.3 Å². The Balaban J connectivity index is 1.43. The van der Waals surface area contributed by atoms with Crippen molar-refractivity contribution in [1.82, 2.24) is 10.2 Å². The van der Waals surface area contributed by atoms with Crippen LogP contribution in [-0.2, 0) is 14.3 Å². The van der Waals surface area contributed by atoms with Crippen LogP contribution in [0.3, 0.4) is 0 Å². The Kier molecular flexibility index (Phi) is 6.38. The van der Waals surface area contributed by atoms with Crippen molar-refractivity contribution >= 4 is 17.8 Å². The Morgan fingerprint density at radius 2 is 1.83 bits per heavy atom. The van der Waals surface area contributed by atoms with E-state index in [-0.39, 0.29) is 41.8 Å². The molecule has 1 heterocycles. The van der Waals surface area contributed by atoms with E-state index in [1.54, 1.807) is 24.3 Å². The van der Waals surface area contributed by atoms with Crippen LogP contribution >= 0.6 is 0 Å². The molecule has 2 aliphatic rings. The molecule has 1 saturated heterocycles. The van der Waals surface area contributed by atoms with Gasteiger partial charge in [-0.1, -0.05) is 20.8 Å². The first-order valence-electron chi connectivity index (χ1n) is 10.6. The first-order chi connectivity index (χ1) is 14.1. The smallest absolute Gasteiger partial charge is 0.325 e. The second-order valence-corrected chi connectivity index (χ2v) is 9.54. The van der Waals surface area contributed by atoms with Crippen LogP contribution in [0.15, 0.2) is 24.3 Å². The number of carbonyl (C=O) groups excluding carboxylic acids is 3. The molecule has 2 amide bonds. The van der Waals surface area contributed by atoms with E-state index in [9.17, 15) is 14.4 Å². The molecule has 1 N–H and O–H groups in total. The second kappa shape index (κ2) is 8.66. The fourth-order valence-electron chi connectivity index (χ4n) is 5.15. The molecule has 164 valence electrons. The Morgan fingerprint density at radius 1 is 1.13 bits per heavy atom. The van der Waals surface area contributed by atoms with Crippen molar-refractivity contribution in [3.63, 3.8) is 0 Å². The summed E-state index contributed by atoms with van der Waals surface area (Å²) in [5.74, 6) is -0.496. The highest BCUT2D eigenvalue weighted by molar-refractivity contribution is 5.96. The van der Waals surface area contributed by atoms with Crippen LogP contribution in [0.1, 0.15) is 57.3 Å². The lowest BCUT2D eigenvalue weighted by Crippen LogP contribution is -2.40. The van der Waals surface area contributed by atoms with Gasteiger partial charge in [0.2, 0.25) is 0 Å². The quantitative estimate of drug-likeness (QED) is 0.691. The molecular weight excluding hydrogens is 384 g/mol. The SMILES string of the molecule is CCOc1ccc(C(=O)NCC(=O)OCC(=O)N2C[C@]3(C)C[C@H]2CC(C)(C)C3)cc1. The summed E-state index contributed by atoms with van der Waals surface area (Å²) in [4.78, 5) is 38.7. The molecule has 0 spiro atoms. The predicted octanol–water partition coefficient (Wildman–Crippen LogP) is 2.79. The summed E-state index contributed by atoms with van der Waals surface area (Å²) in [6, 6.07) is 6.86. The van der Waals surface area contributed by atoms with Crippen LogP contribution in [0.25, 0.3) is 0 Å². The Morgan fingerprint density at radius 3 is 2.50 bits per heavy atom. The zero-order valence-electron chi connectivity index (χ0n) is 18.3. The number of benzene rings is 1. The lowest BCUT2D eigenvalue weighted by molar-refractivity contribution is -0.151. The van der Waals surface area contributed by atoms with E-state index in [0.29, 0.717) is 24.5 Å². The number of fused-ring (bicyclic) bond motifs is 2. The predicted molar refractivity (Wildman–Crippen MR) is 112 cm³/mol. The molecule has 7 heteroatoms. The third-order valence-corrected chi connectivity index (χ3v) is 5.91. The van der Waals surface area contributed by atoms with E-state index in [2.05, 4.69) is 26.1 Å². The molecule has 3 rings (SSSR count). The van der Waals surface area contributed by atoms with Crippen molar-refractivity contribution in [3.05, 3.63) is 29.8 Å². The number of carbonyl (C=O) groups is 3. The Bertz CT molecular complexity index is 804. The molecule has 0 unspecified atom stereocenters. The van der Waals surface area contributed by atoms with Crippen LogP contribution in [-0.4, -0.2) is 55.0 Å². The van der Waals surface area contributed by atoms with Crippen molar-refractivity contribution in [2.24, 2.45) is 10.8 Å². The third-order valence-electron chi connectivity index (χ3n) is 5.91. The fraction of sp³-hybridized carbons (Fsp3) is 0.609. The number of amides is 2. The maximum atomic E-state index is 12.6. The molecule has 1 saturated carbocycles. The van der Waals surface area contributed by atoms with Crippen LogP contribution in [0, 0.1) is 10.8 Å². The van der Waals surface area contributed by atoms with Crippen LogP contribution in [0.2, 0.25) is 0 Å². The molecule has 2 bridgehead atoms. The van der Waals surface area contributed by atoms with Gasteiger partial charge in [0.15, 0.2) is 6.61 Å². The van der Waals surface area contributed by atoms with Crippen molar-refractivity contribution in [2.45, 2.75) is 53.0 Å². The van der Waals surface area contributed by atoms with E-state index in [4.69, 9.17) is 9.47 Å². The van der Waals surface area contributed by atoms with E-state index >= 15 is 0 Å². The second-order valence-electron chi connectivity index (χ2n) is 9.54. The number of rotatable bonds is 7. The molecule has 2 fully saturated rings. The lowest BCUT2D eigenvalue weighted by atomic mass is 9.65. The summed E-state index contributed by atoms with van der Waals surface area (Å²) in [6.45, 7) is 9.30. The maximum Gasteiger partial charge on any atom is 0.325 e. The number of hydrogen-bond donors (Lipinski definition) is 1. The summed E-state index contributed by atoms with van der Waals surface area (Å²) in [7, 11) is 0. The molecule has 1 aromatic rings. The molecular formula is C23H32N2O5. The zero-order chi connectivity index (χ0) is 21.9. The molecule has 0 aromatic heterocycles. The van der Waals surface area contributed by atoms with Gasteiger partial charge in [0.05, 0.1) is 6.61 Å². The van der Waals surface area contributed by atoms with Gasteiger partial charge < -0.3 is 19.7 Å². The zero-order valence-corrected chi connectivity index (χ0v) is 18.3. The average Bonchev–Trinajstić information content (AvgIpc) is 2.93. The van der Waals surface area contributed by atoms with Gasteiger partial charge in [-0.05, 0) is 61.3 Å². The van der Waals surface area contributed by atoms with Gasteiger partial charge in [-0.15, -0.1) is 0 Å². The van der Waals surface area contributed by atoms with E-state index in [1.165, 1.54) is 0 Å². The first-order valence-corrected chi connectivity index (χ1v) is 10.6. The molecule has 1 aromatic carbocycles. The fourth-order valence-corrected chi connectivity index (χ4v) is 5.15. The van der Waals surface area contributed by atoms with Gasteiger partial charge in [-0.2, -0.15) is 0 Å². The largest absolute Gasteiger partial charge is 0.494 e. The van der Waals surface area contributed by atoms with E-state index in [1.807, 2.05) is 11.8 Å². The molecule has 1 aliphatic heterocycles. The summed E-state index contributed by atoms with van der Waals surface area (Å²) >= 11 is 0. The van der Waals surface area contributed by atoms with Gasteiger partial charge in [0.25, 0.3) is 11.8 Å². The summed E-state index contributed by atoms with van der Waals surface area (Å²) in [5.41, 5.74) is 0.772. The van der Waals surface area contributed by atoms with Crippen molar-refractivity contribution in [2.75, 3.05) is 26.3 Å². The van der Waals surface area contributed by atoms with E-state index < -0.39 is 5.97 Å². The lowest BCUT2D eigenvalue weighted by Gasteiger charge is -2.39. The summed E-state index contributed by atoms with van der Waals surface area (Å²) in [5, 5.41) is 2.52. The number of hydrogen-bond acceptors (Lipinski definition) is 5. The highest BCUT2D eigenvalue weighted by Crippen LogP contribution is 2.52. The maximum absolute atomic E-state index is 12.6. The monoisotopic (exact) mass is 416 g/mol.